The molecule has 5 nitrogen and oxygen atoms in total. The molecule has 0 radical (unpaired) electrons. The van der Waals surface area contributed by atoms with Gasteiger partial charge in [0.1, 0.15) is 11.5 Å². The first kappa shape index (κ1) is 21.6. The highest BCUT2D eigenvalue weighted by Gasteiger charge is 2.30. The third-order valence-electron chi connectivity index (χ3n) is 5.92. The molecule has 3 aromatic carbocycles. The van der Waals surface area contributed by atoms with Gasteiger partial charge in [-0.3, -0.25) is 9.59 Å². The minimum atomic E-state index is -0.882. The van der Waals surface area contributed by atoms with Crippen molar-refractivity contribution in [3.8, 4) is 11.5 Å². The van der Waals surface area contributed by atoms with Crippen LogP contribution in [0.2, 0.25) is 0 Å². The largest absolute Gasteiger partial charge is 0.481 e. The van der Waals surface area contributed by atoms with E-state index in [2.05, 4.69) is 12.1 Å². The van der Waals surface area contributed by atoms with Gasteiger partial charge >= 0.3 is 5.97 Å². The standard InChI is InChI=1S/C27H27NO4/c1-18-10-13-26(32-23-8-5-6-20(15-23)16-27(30)31)22(14-18)17-28(19(2)29)25-12-11-21-7-3-4-9-24(21)25/h3-10,13-15,25H,11-12,16-17H2,1-2H3,(H,30,31)/t25-/m1/s1. The van der Waals surface area contributed by atoms with Crippen LogP contribution in [0, 0.1) is 6.92 Å². The van der Waals surface area contributed by atoms with Gasteiger partial charge in [-0.05, 0) is 54.7 Å². The van der Waals surface area contributed by atoms with Gasteiger partial charge in [-0.2, -0.15) is 0 Å². The van der Waals surface area contributed by atoms with Gasteiger partial charge in [0.05, 0.1) is 12.5 Å². The van der Waals surface area contributed by atoms with E-state index < -0.39 is 5.97 Å². The van der Waals surface area contributed by atoms with E-state index in [4.69, 9.17) is 9.84 Å². The Balaban J connectivity index is 1.62. The molecule has 1 atom stereocenters. The molecule has 5 heteroatoms. The smallest absolute Gasteiger partial charge is 0.307 e. The van der Waals surface area contributed by atoms with Crippen molar-refractivity contribution in [3.63, 3.8) is 0 Å². The van der Waals surface area contributed by atoms with Gasteiger partial charge in [-0.25, -0.2) is 0 Å². The minimum Gasteiger partial charge on any atom is -0.481 e. The van der Waals surface area contributed by atoms with E-state index in [0.29, 0.717) is 23.6 Å². The summed E-state index contributed by atoms with van der Waals surface area (Å²) >= 11 is 0. The van der Waals surface area contributed by atoms with Crippen LogP contribution in [0.3, 0.4) is 0 Å². The van der Waals surface area contributed by atoms with Gasteiger partial charge in [-0.15, -0.1) is 0 Å². The number of hydrogen-bond donors (Lipinski definition) is 1. The Hall–Kier alpha value is -3.60. The lowest BCUT2D eigenvalue weighted by Gasteiger charge is -2.29. The monoisotopic (exact) mass is 429 g/mol. The van der Waals surface area contributed by atoms with Crippen molar-refractivity contribution in [2.75, 3.05) is 0 Å². The van der Waals surface area contributed by atoms with E-state index in [1.54, 1.807) is 25.1 Å². The molecule has 0 unspecified atom stereocenters. The Bertz CT molecular complexity index is 1150. The predicted octanol–water partition coefficient (Wildman–Crippen LogP) is 5.45. The average molecular weight is 430 g/mol. The highest BCUT2D eigenvalue weighted by Crippen LogP contribution is 2.38. The van der Waals surface area contributed by atoms with Crippen LogP contribution < -0.4 is 4.74 Å². The molecule has 0 aliphatic heterocycles. The van der Waals surface area contributed by atoms with Crippen LogP contribution in [0.4, 0.5) is 0 Å². The predicted molar refractivity (Wildman–Crippen MR) is 123 cm³/mol. The zero-order valence-electron chi connectivity index (χ0n) is 18.4. The Morgan fingerprint density at radius 1 is 1.06 bits per heavy atom. The van der Waals surface area contributed by atoms with E-state index in [0.717, 1.165) is 24.0 Å². The molecule has 4 rings (SSSR count). The molecule has 1 aliphatic carbocycles. The fourth-order valence-corrected chi connectivity index (χ4v) is 4.43. The molecule has 3 aromatic rings. The van der Waals surface area contributed by atoms with E-state index in [1.807, 2.05) is 48.2 Å². The van der Waals surface area contributed by atoms with Gasteiger partial charge in [0.2, 0.25) is 5.91 Å². The second kappa shape index (κ2) is 9.27. The molecule has 32 heavy (non-hydrogen) atoms. The Kier molecular flexibility index (Phi) is 6.26. The summed E-state index contributed by atoms with van der Waals surface area (Å²) in [6.07, 6.45) is 1.83. The molecule has 0 saturated carbocycles. The number of carboxylic acids is 1. The first-order valence-corrected chi connectivity index (χ1v) is 10.8. The lowest BCUT2D eigenvalue weighted by atomic mass is 10.0. The molecule has 0 saturated heterocycles. The molecule has 0 spiro atoms. The van der Waals surface area contributed by atoms with Crippen LogP contribution in [0.15, 0.2) is 66.7 Å². The number of fused-ring (bicyclic) bond motifs is 1. The number of rotatable bonds is 7. The summed E-state index contributed by atoms with van der Waals surface area (Å²) in [4.78, 5) is 25.7. The fourth-order valence-electron chi connectivity index (χ4n) is 4.43. The lowest BCUT2D eigenvalue weighted by Crippen LogP contribution is -2.31. The number of hydrogen-bond acceptors (Lipinski definition) is 3. The number of nitrogens with zero attached hydrogens (tertiary/aromatic N) is 1. The summed E-state index contributed by atoms with van der Waals surface area (Å²) in [7, 11) is 0. The maximum Gasteiger partial charge on any atom is 0.307 e. The first-order chi connectivity index (χ1) is 15.4. The second-order valence-electron chi connectivity index (χ2n) is 8.33. The fraction of sp³-hybridized carbons (Fsp3) is 0.259. The molecule has 0 heterocycles. The third kappa shape index (κ3) is 4.83. The number of amides is 1. The van der Waals surface area contributed by atoms with E-state index >= 15 is 0 Å². The average Bonchev–Trinajstić information content (AvgIpc) is 3.17. The second-order valence-corrected chi connectivity index (χ2v) is 8.33. The summed E-state index contributed by atoms with van der Waals surface area (Å²) in [6, 6.07) is 21.4. The van der Waals surface area contributed by atoms with Gasteiger partial charge in [0.15, 0.2) is 0 Å². The van der Waals surface area contributed by atoms with Crippen molar-refractivity contribution in [1.82, 2.24) is 4.90 Å². The summed E-state index contributed by atoms with van der Waals surface area (Å²) in [5.41, 5.74) is 5.21. The van der Waals surface area contributed by atoms with E-state index in [9.17, 15) is 9.59 Å². The van der Waals surface area contributed by atoms with E-state index in [1.165, 1.54) is 11.1 Å². The highest BCUT2D eigenvalue weighted by atomic mass is 16.5. The number of carboxylic acid groups (broad SMARTS) is 1. The van der Waals surface area contributed by atoms with Crippen molar-refractivity contribution in [2.24, 2.45) is 0 Å². The third-order valence-corrected chi connectivity index (χ3v) is 5.92. The van der Waals surface area contributed by atoms with Gasteiger partial charge < -0.3 is 14.7 Å². The Morgan fingerprint density at radius 2 is 1.88 bits per heavy atom. The van der Waals surface area contributed by atoms with Crippen LogP contribution in [0.5, 0.6) is 11.5 Å². The number of benzene rings is 3. The van der Waals surface area contributed by atoms with Gasteiger partial charge in [-0.1, -0.05) is 54.1 Å². The maximum absolute atomic E-state index is 12.7. The van der Waals surface area contributed by atoms with Crippen LogP contribution in [0.1, 0.15) is 47.2 Å². The molecule has 1 aliphatic rings. The normalized spacial score (nSPS) is 14.6. The van der Waals surface area contributed by atoms with Gasteiger partial charge in [0.25, 0.3) is 0 Å². The number of aliphatic carboxylic acids is 1. The SMILES string of the molecule is CC(=O)N(Cc1cc(C)ccc1Oc1cccc(CC(=O)O)c1)[C@@H]1CCc2ccccc21. The number of aryl methyl sites for hydroxylation is 2. The minimum absolute atomic E-state index is 0.0302. The van der Waals surface area contributed by atoms with Crippen LogP contribution >= 0.6 is 0 Å². The van der Waals surface area contributed by atoms with Crippen LogP contribution in [-0.4, -0.2) is 21.9 Å². The quantitative estimate of drug-likeness (QED) is 0.542. The molecule has 1 N–H and O–H groups in total. The topological polar surface area (TPSA) is 66.8 Å². The van der Waals surface area contributed by atoms with Crippen molar-refractivity contribution in [2.45, 2.75) is 45.7 Å². The summed E-state index contributed by atoms with van der Waals surface area (Å²) in [5, 5.41) is 9.07. The maximum atomic E-state index is 12.7. The molecule has 164 valence electrons. The molecule has 0 bridgehead atoms. The van der Waals surface area contributed by atoms with Crippen LogP contribution in [-0.2, 0) is 29.0 Å². The molecular formula is C27H27NO4. The summed E-state index contributed by atoms with van der Waals surface area (Å²) in [6.45, 7) is 4.08. The van der Waals surface area contributed by atoms with Crippen LogP contribution in [0.25, 0.3) is 0 Å². The van der Waals surface area contributed by atoms with Crippen molar-refractivity contribution in [1.29, 1.82) is 0 Å². The zero-order chi connectivity index (χ0) is 22.7. The molecule has 1 amide bonds. The van der Waals surface area contributed by atoms with E-state index in [-0.39, 0.29) is 18.4 Å². The molecular weight excluding hydrogens is 402 g/mol. The summed E-state index contributed by atoms with van der Waals surface area (Å²) < 4.78 is 6.17. The molecule has 0 aromatic heterocycles. The van der Waals surface area contributed by atoms with Crippen molar-refractivity contribution in [3.05, 3.63) is 94.5 Å². The lowest BCUT2D eigenvalue weighted by molar-refractivity contribution is -0.136. The summed E-state index contributed by atoms with van der Waals surface area (Å²) in [5.74, 6) is 0.393. The number of carbonyl (C=O) groups excluding carboxylic acids is 1. The molecule has 0 fully saturated rings. The van der Waals surface area contributed by atoms with Gasteiger partial charge in [0, 0.05) is 19.0 Å². The Morgan fingerprint density at radius 3 is 2.66 bits per heavy atom. The Labute approximate surface area is 188 Å². The first-order valence-electron chi connectivity index (χ1n) is 10.8. The number of carbonyl (C=O) groups is 2. The highest BCUT2D eigenvalue weighted by molar-refractivity contribution is 5.74. The zero-order valence-corrected chi connectivity index (χ0v) is 18.4. The van der Waals surface area contributed by atoms with Crippen molar-refractivity contribution >= 4 is 11.9 Å². The number of ether oxygens (including phenoxy) is 1. The van der Waals surface area contributed by atoms with Crippen molar-refractivity contribution < 1.29 is 19.4 Å².